The molecule has 3 amide bonds. The highest BCUT2D eigenvalue weighted by atomic mass is 35.5. The summed E-state index contributed by atoms with van der Waals surface area (Å²) in [6.07, 6.45) is 3.88. The van der Waals surface area contributed by atoms with Gasteiger partial charge in [-0.3, -0.25) is 9.59 Å². The van der Waals surface area contributed by atoms with E-state index in [0.717, 1.165) is 11.1 Å². The Balaban J connectivity index is 1.42. The summed E-state index contributed by atoms with van der Waals surface area (Å²) in [5.74, 6) is -0.882. The number of amides is 3. The van der Waals surface area contributed by atoms with E-state index in [1.807, 2.05) is 6.92 Å². The second kappa shape index (κ2) is 15.1. The van der Waals surface area contributed by atoms with Crippen LogP contribution in [0.2, 0.25) is 10.0 Å². The average Bonchev–Trinajstić information content (AvgIpc) is 3.50. The maximum Gasteiger partial charge on any atom is 0.407 e. The van der Waals surface area contributed by atoms with E-state index in [0.29, 0.717) is 61.1 Å². The molecule has 13 heteroatoms. The van der Waals surface area contributed by atoms with Crippen molar-refractivity contribution >= 4 is 52.6 Å². The van der Waals surface area contributed by atoms with Gasteiger partial charge in [-0.1, -0.05) is 36.2 Å². The van der Waals surface area contributed by atoms with Crippen LogP contribution in [0.1, 0.15) is 85.2 Å². The molecule has 0 atom stereocenters. The second-order valence-electron chi connectivity index (χ2n) is 12.7. The molecule has 11 nitrogen and oxygen atoms in total. The molecule has 1 aliphatic carbocycles. The Hall–Kier alpha value is -3.90. The van der Waals surface area contributed by atoms with E-state index < -0.39 is 29.3 Å². The third-order valence-electron chi connectivity index (χ3n) is 8.01. The van der Waals surface area contributed by atoms with Crippen molar-refractivity contribution in [2.75, 3.05) is 23.8 Å². The van der Waals surface area contributed by atoms with Crippen LogP contribution in [0, 0.1) is 0 Å². The first kappa shape index (κ1) is 35.4. The van der Waals surface area contributed by atoms with Crippen LogP contribution in [-0.4, -0.2) is 53.6 Å². The van der Waals surface area contributed by atoms with Crippen molar-refractivity contribution < 1.29 is 33.3 Å². The number of rotatable bonds is 9. The number of pyridine rings is 1. The number of nitrogens with zero attached hydrogens (tertiary/aromatic N) is 1. The van der Waals surface area contributed by atoms with Gasteiger partial charge < -0.3 is 34.9 Å². The van der Waals surface area contributed by atoms with Gasteiger partial charge in [0, 0.05) is 30.6 Å². The number of anilines is 2. The van der Waals surface area contributed by atoms with Crippen molar-refractivity contribution in [2.45, 2.75) is 83.8 Å². The number of aromatic nitrogens is 1. The Kier molecular flexibility index (Phi) is 11.1. The number of hydrogen-bond acceptors (Lipinski definition) is 8. The van der Waals surface area contributed by atoms with Crippen LogP contribution in [0.4, 0.5) is 16.3 Å². The predicted molar refractivity (Wildman–Crippen MR) is 183 cm³/mol. The van der Waals surface area contributed by atoms with Gasteiger partial charge in [0.2, 0.25) is 0 Å². The third-order valence-corrected chi connectivity index (χ3v) is 8.47. The van der Waals surface area contributed by atoms with Crippen molar-refractivity contribution in [1.29, 1.82) is 0 Å². The van der Waals surface area contributed by atoms with Crippen LogP contribution in [0.25, 0.3) is 0 Å². The summed E-state index contributed by atoms with van der Waals surface area (Å²) in [6, 6.07) is 11.2. The van der Waals surface area contributed by atoms with Crippen molar-refractivity contribution in [3.63, 3.8) is 0 Å². The number of carbonyl (C=O) groups excluding carboxylic acids is 3. The van der Waals surface area contributed by atoms with Gasteiger partial charge in [-0.25, -0.2) is 9.78 Å². The van der Waals surface area contributed by atoms with Crippen LogP contribution in [-0.2, 0) is 27.2 Å². The Morgan fingerprint density at radius 3 is 2.27 bits per heavy atom. The molecule has 0 bridgehead atoms. The number of carbonyl (C=O) groups is 3. The SMILES string of the molecule is CCc1c(CNC(=O)OC(C)(C)C)ccc(C(=O)Nc2ccc(Cl)cc2C(=O)Nc2ccc(Cl)cn2)c1OC1CCC2(CC1)OCCO2. The molecule has 1 saturated heterocycles. The smallest absolute Gasteiger partial charge is 0.407 e. The Bertz CT molecular complexity index is 1640. The zero-order valence-electron chi connectivity index (χ0n) is 27.4. The minimum Gasteiger partial charge on any atom is -0.489 e. The van der Waals surface area contributed by atoms with Gasteiger partial charge in [-0.15, -0.1) is 0 Å². The number of ether oxygens (including phenoxy) is 4. The zero-order valence-corrected chi connectivity index (χ0v) is 28.9. The standard InChI is InChI=1S/C35H40Cl2N4O7/c1-5-25-21(19-39-33(44)48-34(2,3)4)6-9-26(30(25)47-24-12-14-35(15-13-24)45-16-17-46-35)31(42)40-28-10-7-22(36)18-27(28)32(43)41-29-11-8-23(37)20-38-29/h6-11,18,20,24H,5,12-17,19H2,1-4H3,(H,39,44)(H,40,42)(H,38,41,43). The first-order valence-corrected chi connectivity index (χ1v) is 16.7. The first-order chi connectivity index (χ1) is 22.8. The van der Waals surface area contributed by atoms with E-state index in [-0.39, 0.29) is 35.3 Å². The number of halogens is 2. The number of alkyl carbamates (subject to hydrolysis) is 1. The predicted octanol–water partition coefficient (Wildman–Crippen LogP) is 7.54. The maximum atomic E-state index is 14.0. The molecule has 3 aromatic rings. The van der Waals surface area contributed by atoms with Crippen LogP contribution < -0.4 is 20.7 Å². The van der Waals surface area contributed by atoms with E-state index in [1.54, 1.807) is 57.2 Å². The maximum absolute atomic E-state index is 14.0. The molecule has 0 radical (unpaired) electrons. The van der Waals surface area contributed by atoms with Gasteiger partial charge >= 0.3 is 6.09 Å². The van der Waals surface area contributed by atoms with Crippen molar-refractivity contribution in [3.05, 3.63) is 81.0 Å². The minimum atomic E-state index is -0.651. The summed E-state index contributed by atoms with van der Waals surface area (Å²) in [5.41, 5.74) is 1.56. The lowest BCUT2D eigenvalue weighted by Gasteiger charge is -2.36. The minimum absolute atomic E-state index is 0.137. The fourth-order valence-electron chi connectivity index (χ4n) is 5.75. The third kappa shape index (κ3) is 8.96. The monoisotopic (exact) mass is 698 g/mol. The molecular weight excluding hydrogens is 659 g/mol. The van der Waals surface area contributed by atoms with Gasteiger partial charge in [-0.2, -0.15) is 0 Å². The van der Waals surface area contributed by atoms with Crippen molar-refractivity contribution in [3.8, 4) is 5.75 Å². The van der Waals surface area contributed by atoms with Crippen LogP contribution in [0.3, 0.4) is 0 Å². The molecule has 0 unspecified atom stereocenters. The molecule has 3 N–H and O–H groups in total. The molecule has 2 aromatic carbocycles. The van der Waals surface area contributed by atoms with Gasteiger partial charge in [0.15, 0.2) is 5.79 Å². The molecule has 2 heterocycles. The number of nitrogens with one attached hydrogen (secondary N) is 3. The molecule has 1 aromatic heterocycles. The Morgan fingerprint density at radius 1 is 0.938 bits per heavy atom. The topological polar surface area (TPSA) is 137 Å². The van der Waals surface area contributed by atoms with E-state index in [9.17, 15) is 14.4 Å². The molecule has 5 rings (SSSR count). The molecule has 256 valence electrons. The normalized spacial score (nSPS) is 16.0. The zero-order chi connectivity index (χ0) is 34.5. The number of benzene rings is 2. The summed E-state index contributed by atoms with van der Waals surface area (Å²) in [5, 5.41) is 9.14. The summed E-state index contributed by atoms with van der Waals surface area (Å²) in [7, 11) is 0. The average molecular weight is 700 g/mol. The highest BCUT2D eigenvalue weighted by Crippen LogP contribution is 2.39. The van der Waals surface area contributed by atoms with Crippen molar-refractivity contribution in [2.24, 2.45) is 0 Å². The lowest BCUT2D eigenvalue weighted by molar-refractivity contribution is -0.186. The quantitative estimate of drug-likeness (QED) is 0.208. The molecule has 2 fully saturated rings. The summed E-state index contributed by atoms with van der Waals surface area (Å²) < 4.78 is 23.9. The first-order valence-electron chi connectivity index (χ1n) is 15.9. The fraction of sp³-hybridized carbons (Fsp3) is 0.429. The molecule has 48 heavy (non-hydrogen) atoms. The summed E-state index contributed by atoms with van der Waals surface area (Å²) >= 11 is 12.2. The van der Waals surface area contributed by atoms with Gasteiger partial charge in [0.1, 0.15) is 17.2 Å². The molecule has 2 aliphatic rings. The molecule has 1 aliphatic heterocycles. The van der Waals surface area contributed by atoms with Crippen LogP contribution in [0.5, 0.6) is 5.75 Å². The van der Waals surface area contributed by atoms with Gasteiger partial charge in [0.25, 0.3) is 11.8 Å². The molecule has 1 spiro atoms. The van der Waals surface area contributed by atoms with Crippen LogP contribution >= 0.6 is 23.2 Å². The largest absolute Gasteiger partial charge is 0.489 e. The highest BCUT2D eigenvalue weighted by Gasteiger charge is 2.41. The lowest BCUT2D eigenvalue weighted by Crippen LogP contribution is -2.38. The van der Waals surface area contributed by atoms with Crippen LogP contribution in [0.15, 0.2) is 48.7 Å². The van der Waals surface area contributed by atoms with Crippen molar-refractivity contribution in [1.82, 2.24) is 10.3 Å². The van der Waals surface area contributed by atoms with E-state index in [2.05, 4.69) is 20.9 Å². The number of hydrogen-bond donors (Lipinski definition) is 3. The fourth-order valence-corrected chi connectivity index (χ4v) is 6.04. The summed E-state index contributed by atoms with van der Waals surface area (Å²) in [6.45, 7) is 8.67. The second-order valence-corrected chi connectivity index (χ2v) is 13.5. The molecular formula is C35H40Cl2N4O7. The lowest BCUT2D eigenvalue weighted by atomic mass is 9.91. The summed E-state index contributed by atoms with van der Waals surface area (Å²) in [4.78, 5) is 43.9. The Labute approximate surface area is 290 Å². The Morgan fingerprint density at radius 2 is 1.62 bits per heavy atom. The molecule has 1 saturated carbocycles. The van der Waals surface area contributed by atoms with Gasteiger partial charge in [-0.05, 0) is 87.6 Å². The van der Waals surface area contributed by atoms with E-state index in [4.69, 9.17) is 42.1 Å². The highest BCUT2D eigenvalue weighted by molar-refractivity contribution is 6.31. The van der Waals surface area contributed by atoms with E-state index in [1.165, 1.54) is 12.3 Å². The van der Waals surface area contributed by atoms with E-state index >= 15 is 0 Å². The van der Waals surface area contributed by atoms with Gasteiger partial charge in [0.05, 0.1) is 41.2 Å².